The average molecular weight is 270 g/mol. The van der Waals surface area contributed by atoms with Crippen molar-refractivity contribution in [3.63, 3.8) is 0 Å². The lowest BCUT2D eigenvalue weighted by molar-refractivity contribution is 0.679. The molecule has 0 atom stereocenters. The average Bonchev–Trinajstić information content (AvgIpc) is 2.47. The van der Waals surface area contributed by atoms with Crippen LogP contribution in [0.4, 0.5) is 0 Å². The molecule has 1 nitrogen and oxygen atoms in total. The topological polar surface area (TPSA) is 17.1 Å². The van der Waals surface area contributed by atoms with Crippen LogP contribution in [0.3, 0.4) is 0 Å². The van der Waals surface area contributed by atoms with Crippen molar-refractivity contribution in [2.45, 2.75) is 42.9 Å². The van der Waals surface area contributed by atoms with Gasteiger partial charge in [-0.15, -0.1) is 0 Å². The predicted octanol–water partition coefficient (Wildman–Crippen LogP) is 3.88. The van der Waals surface area contributed by atoms with Gasteiger partial charge in [0.2, 0.25) is 0 Å². The van der Waals surface area contributed by atoms with Crippen molar-refractivity contribution in [3.05, 3.63) is 58.7 Å². The number of benzene rings is 2. The third-order valence-electron chi connectivity index (χ3n) is 3.86. The number of fused-ring (bicyclic) bond motifs is 2. The van der Waals surface area contributed by atoms with Gasteiger partial charge in [0.25, 0.3) is 0 Å². The first-order chi connectivity index (χ1) is 9.22. The molecule has 0 radical (unpaired) electrons. The molecule has 0 aliphatic carbocycles. The third kappa shape index (κ3) is 2.14. The molecular weight excluding hydrogens is 252 g/mol. The van der Waals surface area contributed by atoms with Gasteiger partial charge in [-0.2, -0.15) is 0 Å². The Morgan fingerprint density at radius 2 is 1.37 bits per heavy atom. The summed E-state index contributed by atoms with van der Waals surface area (Å²) in [6.07, 6.45) is 2.89. The van der Waals surface area contributed by atoms with E-state index in [2.05, 4.69) is 50.2 Å². The van der Waals surface area contributed by atoms with Gasteiger partial charge >= 0.3 is 0 Å². The fourth-order valence-corrected chi connectivity index (χ4v) is 4.11. The molecular formula is C17H18OS. The van der Waals surface area contributed by atoms with Crippen molar-refractivity contribution in [2.75, 3.05) is 0 Å². The molecule has 2 aromatic rings. The Balaban J connectivity index is 2.12. The highest BCUT2D eigenvalue weighted by molar-refractivity contribution is 7.85. The van der Waals surface area contributed by atoms with E-state index in [-0.39, 0.29) is 0 Å². The first-order valence-corrected chi connectivity index (χ1v) is 8.03. The van der Waals surface area contributed by atoms with Gasteiger partial charge in [-0.05, 0) is 53.6 Å². The van der Waals surface area contributed by atoms with Crippen molar-refractivity contribution in [2.24, 2.45) is 0 Å². The first-order valence-electron chi connectivity index (χ1n) is 6.88. The Labute approximate surface area is 117 Å². The zero-order valence-electron chi connectivity index (χ0n) is 11.4. The van der Waals surface area contributed by atoms with Crippen LogP contribution in [0.1, 0.15) is 36.1 Å². The Hall–Kier alpha value is -1.41. The molecule has 1 heterocycles. The minimum Gasteiger partial charge on any atom is -0.249 e. The smallest absolute Gasteiger partial charge is 0.0855 e. The standard InChI is InChI=1S/C17H18OS/c1-3-12-5-7-14-11-15-8-6-13(4-2)10-17(15)19(18)16(14)9-12/h5-10H,3-4,11H2,1-2H3. The van der Waals surface area contributed by atoms with E-state index >= 15 is 0 Å². The normalized spacial score (nSPS) is 14.0. The maximum atomic E-state index is 12.8. The van der Waals surface area contributed by atoms with Crippen LogP contribution in [0.25, 0.3) is 0 Å². The van der Waals surface area contributed by atoms with Crippen LogP contribution in [0.15, 0.2) is 46.2 Å². The molecule has 1 aliphatic heterocycles. The summed E-state index contributed by atoms with van der Waals surface area (Å²) in [5.41, 5.74) is 4.96. The number of aryl methyl sites for hydroxylation is 2. The molecule has 2 heteroatoms. The minimum absolute atomic E-state index is 0.907. The van der Waals surface area contributed by atoms with Crippen molar-refractivity contribution in [3.8, 4) is 0 Å². The molecule has 1 aliphatic rings. The molecule has 0 spiro atoms. The molecule has 0 bridgehead atoms. The van der Waals surface area contributed by atoms with Crippen LogP contribution in [0, 0.1) is 0 Å². The zero-order chi connectivity index (χ0) is 13.4. The largest absolute Gasteiger partial charge is 0.249 e. The molecule has 3 rings (SSSR count). The summed E-state index contributed by atoms with van der Waals surface area (Å²) in [7, 11) is -1.01. The van der Waals surface area contributed by atoms with E-state index in [9.17, 15) is 4.21 Å². The lowest BCUT2D eigenvalue weighted by atomic mass is 10.0. The van der Waals surface area contributed by atoms with Crippen molar-refractivity contribution < 1.29 is 4.21 Å². The van der Waals surface area contributed by atoms with Gasteiger partial charge in [0.1, 0.15) is 0 Å². The van der Waals surface area contributed by atoms with Crippen LogP contribution in [0.5, 0.6) is 0 Å². The second-order valence-corrected chi connectivity index (χ2v) is 6.45. The first kappa shape index (κ1) is 12.6. The summed E-state index contributed by atoms with van der Waals surface area (Å²) in [5, 5.41) is 0. The highest BCUT2D eigenvalue weighted by Crippen LogP contribution is 2.32. The van der Waals surface area contributed by atoms with E-state index in [1.165, 1.54) is 22.3 Å². The van der Waals surface area contributed by atoms with Gasteiger partial charge in [0.05, 0.1) is 10.8 Å². The van der Waals surface area contributed by atoms with Crippen LogP contribution in [-0.4, -0.2) is 4.21 Å². The fraction of sp³-hybridized carbons (Fsp3) is 0.294. The van der Waals surface area contributed by atoms with E-state index < -0.39 is 10.8 Å². The van der Waals surface area contributed by atoms with Crippen LogP contribution in [-0.2, 0) is 30.1 Å². The molecule has 0 unspecified atom stereocenters. The SMILES string of the molecule is CCc1ccc2c(c1)S(=O)c1cc(CC)ccc1C2. The Morgan fingerprint density at radius 3 is 1.79 bits per heavy atom. The molecule has 0 aromatic heterocycles. The van der Waals surface area contributed by atoms with E-state index in [0.717, 1.165) is 29.1 Å². The van der Waals surface area contributed by atoms with Crippen LogP contribution in [0.2, 0.25) is 0 Å². The van der Waals surface area contributed by atoms with Gasteiger partial charge < -0.3 is 0 Å². The highest BCUT2D eigenvalue weighted by Gasteiger charge is 2.22. The monoisotopic (exact) mass is 270 g/mol. The van der Waals surface area contributed by atoms with Gasteiger partial charge in [-0.1, -0.05) is 38.1 Å². The van der Waals surface area contributed by atoms with Crippen LogP contribution < -0.4 is 0 Å². The van der Waals surface area contributed by atoms with E-state index in [1.54, 1.807) is 0 Å². The third-order valence-corrected chi connectivity index (χ3v) is 5.42. The van der Waals surface area contributed by atoms with Crippen molar-refractivity contribution >= 4 is 10.8 Å². The number of rotatable bonds is 2. The Bertz CT molecular complexity index is 603. The van der Waals surface area contributed by atoms with Crippen LogP contribution >= 0.6 is 0 Å². The summed E-state index contributed by atoms with van der Waals surface area (Å²) < 4.78 is 12.8. The van der Waals surface area contributed by atoms with Gasteiger partial charge in [-0.3, -0.25) is 0 Å². The molecule has 0 N–H and O–H groups in total. The lowest BCUT2D eigenvalue weighted by Crippen LogP contribution is -2.10. The van der Waals surface area contributed by atoms with Gasteiger partial charge in [0.15, 0.2) is 0 Å². The quantitative estimate of drug-likeness (QED) is 0.690. The molecule has 98 valence electrons. The molecule has 0 saturated carbocycles. The van der Waals surface area contributed by atoms with Crippen molar-refractivity contribution in [1.29, 1.82) is 0 Å². The molecule has 19 heavy (non-hydrogen) atoms. The summed E-state index contributed by atoms with van der Waals surface area (Å²) in [6.45, 7) is 4.27. The second kappa shape index (κ2) is 4.93. The van der Waals surface area contributed by atoms with Gasteiger partial charge in [-0.25, -0.2) is 4.21 Å². The summed E-state index contributed by atoms with van der Waals surface area (Å²) in [5.74, 6) is 0. The molecule has 0 saturated heterocycles. The Kier molecular flexibility index (Phi) is 3.28. The summed E-state index contributed by atoms with van der Waals surface area (Å²) in [4.78, 5) is 2.03. The summed E-state index contributed by atoms with van der Waals surface area (Å²) in [6, 6.07) is 12.8. The van der Waals surface area contributed by atoms with Crippen molar-refractivity contribution in [1.82, 2.24) is 0 Å². The molecule has 0 amide bonds. The summed E-state index contributed by atoms with van der Waals surface area (Å²) >= 11 is 0. The lowest BCUT2D eigenvalue weighted by Gasteiger charge is -2.20. The fourth-order valence-electron chi connectivity index (χ4n) is 2.60. The van der Waals surface area contributed by atoms with E-state index in [0.29, 0.717) is 0 Å². The molecule has 2 aromatic carbocycles. The minimum atomic E-state index is -1.01. The zero-order valence-corrected chi connectivity index (χ0v) is 12.2. The maximum Gasteiger partial charge on any atom is 0.0855 e. The second-order valence-electron chi connectivity index (χ2n) is 5.04. The number of hydrogen-bond acceptors (Lipinski definition) is 1. The molecule has 0 fully saturated rings. The van der Waals surface area contributed by atoms with Gasteiger partial charge in [0, 0.05) is 9.79 Å². The van der Waals surface area contributed by atoms with E-state index in [1.807, 2.05) is 0 Å². The van der Waals surface area contributed by atoms with E-state index in [4.69, 9.17) is 0 Å². The Morgan fingerprint density at radius 1 is 0.895 bits per heavy atom. The highest BCUT2D eigenvalue weighted by atomic mass is 32.2. The maximum absolute atomic E-state index is 12.8. The predicted molar refractivity (Wildman–Crippen MR) is 79.1 cm³/mol. The number of hydrogen-bond donors (Lipinski definition) is 0.